The van der Waals surface area contributed by atoms with E-state index < -0.39 is 11.7 Å². The van der Waals surface area contributed by atoms with Crippen molar-refractivity contribution in [1.29, 1.82) is 0 Å². The predicted octanol–water partition coefficient (Wildman–Crippen LogP) is 4.40. The summed E-state index contributed by atoms with van der Waals surface area (Å²) in [6.07, 6.45) is 3.18. The molecule has 0 aliphatic rings. The average Bonchev–Trinajstić information content (AvgIpc) is 3.39. The molecule has 0 saturated heterocycles. The molecule has 0 radical (unpaired) electrons. The third-order valence-corrected chi connectivity index (χ3v) is 5.97. The van der Waals surface area contributed by atoms with Gasteiger partial charge in [-0.2, -0.15) is 0 Å². The molecule has 1 aromatic carbocycles. The smallest absolute Gasteiger partial charge is 0.289 e. The SMILES string of the molecule is CCc1c(C(=O)C(N)=O)c2c(OCc3ccccc3)cccn2c1Cc1cccs1. The highest BCUT2D eigenvalue weighted by Crippen LogP contribution is 2.34. The fraction of sp³-hybridized carbons (Fsp3) is 0.167. The lowest BCUT2D eigenvalue weighted by atomic mass is 10.0. The van der Waals surface area contributed by atoms with E-state index in [1.807, 2.05) is 71.4 Å². The number of aromatic nitrogens is 1. The summed E-state index contributed by atoms with van der Waals surface area (Å²) >= 11 is 1.66. The molecule has 4 aromatic rings. The second-order valence-electron chi connectivity index (χ2n) is 6.97. The van der Waals surface area contributed by atoms with Crippen molar-refractivity contribution in [3.63, 3.8) is 0 Å². The van der Waals surface area contributed by atoms with Gasteiger partial charge in [-0.15, -0.1) is 11.3 Å². The minimum Gasteiger partial charge on any atom is -0.487 e. The number of carbonyl (C=O) groups excluding carboxylic acids is 2. The number of amides is 1. The van der Waals surface area contributed by atoms with E-state index in [2.05, 4.69) is 6.07 Å². The van der Waals surface area contributed by atoms with Crippen LogP contribution in [-0.4, -0.2) is 16.1 Å². The molecule has 1 amide bonds. The zero-order valence-electron chi connectivity index (χ0n) is 16.6. The zero-order valence-corrected chi connectivity index (χ0v) is 17.4. The molecule has 0 saturated carbocycles. The van der Waals surface area contributed by atoms with E-state index in [0.29, 0.717) is 36.3 Å². The normalized spacial score (nSPS) is 11.0. The summed E-state index contributed by atoms with van der Waals surface area (Å²) in [7, 11) is 0. The van der Waals surface area contributed by atoms with Crippen LogP contribution in [0.15, 0.2) is 66.2 Å². The third kappa shape index (κ3) is 3.74. The highest BCUT2D eigenvalue weighted by atomic mass is 32.1. The molecule has 3 aromatic heterocycles. The summed E-state index contributed by atoms with van der Waals surface area (Å²) in [4.78, 5) is 25.9. The number of carbonyl (C=O) groups is 2. The van der Waals surface area contributed by atoms with E-state index in [1.54, 1.807) is 11.3 Å². The molecule has 5 nitrogen and oxygen atoms in total. The second-order valence-corrected chi connectivity index (χ2v) is 8.00. The number of Topliss-reactive ketones (excluding diaryl/α,β-unsaturated/α-hetero) is 1. The molecule has 0 unspecified atom stereocenters. The van der Waals surface area contributed by atoms with Gasteiger partial charge in [0.1, 0.15) is 12.4 Å². The van der Waals surface area contributed by atoms with E-state index in [-0.39, 0.29) is 0 Å². The van der Waals surface area contributed by atoms with Crippen LogP contribution in [0.5, 0.6) is 5.75 Å². The summed E-state index contributed by atoms with van der Waals surface area (Å²) in [6.45, 7) is 2.34. The van der Waals surface area contributed by atoms with Crippen LogP contribution in [0.3, 0.4) is 0 Å². The average molecular weight is 419 g/mol. The molecular weight excluding hydrogens is 396 g/mol. The van der Waals surface area contributed by atoms with E-state index >= 15 is 0 Å². The van der Waals surface area contributed by atoms with Gasteiger partial charge in [0.2, 0.25) is 0 Å². The molecule has 30 heavy (non-hydrogen) atoms. The Morgan fingerprint density at radius 2 is 1.87 bits per heavy atom. The van der Waals surface area contributed by atoms with Crippen molar-refractivity contribution in [3.05, 3.63) is 93.4 Å². The first kappa shape index (κ1) is 19.9. The van der Waals surface area contributed by atoms with E-state index in [4.69, 9.17) is 10.5 Å². The van der Waals surface area contributed by atoms with Gasteiger partial charge in [0.25, 0.3) is 11.7 Å². The quantitative estimate of drug-likeness (QED) is 0.340. The molecular formula is C24H22N2O3S. The Balaban J connectivity index is 1.87. The number of ether oxygens (including phenoxy) is 1. The molecule has 152 valence electrons. The van der Waals surface area contributed by atoms with Gasteiger partial charge < -0.3 is 14.9 Å². The second kappa shape index (κ2) is 8.55. The van der Waals surface area contributed by atoms with Crippen LogP contribution in [0.2, 0.25) is 0 Å². The highest BCUT2D eigenvalue weighted by molar-refractivity contribution is 7.09. The first-order chi connectivity index (χ1) is 14.6. The number of ketones is 1. The summed E-state index contributed by atoms with van der Waals surface area (Å²) in [6, 6.07) is 17.6. The summed E-state index contributed by atoms with van der Waals surface area (Å²) in [5, 5.41) is 2.03. The number of hydrogen-bond acceptors (Lipinski definition) is 4. The number of benzene rings is 1. The van der Waals surface area contributed by atoms with Crippen molar-refractivity contribution in [2.75, 3.05) is 0 Å². The van der Waals surface area contributed by atoms with Crippen molar-refractivity contribution in [3.8, 4) is 5.75 Å². The number of thiophene rings is 1. The van der Waals surface area contributed by atoms with Gasteiger partial charge in [0.05, 0.1) is 11.1 Å². The Morgan fingerprint density at radius 3 is 2.53 bits per heavy atom. The molecule has 0 aliphatic carbocycles. The summed E-state index contributed by atoms with van der Waals surface area (Å²) in [5.41, 5.74) is 9.18. The number of fused-ring (bicyclic) bond motifs is 1. The Hall–Kier alpha value is -3.38. The topological polar surface area (TPSA) is 73.8 Å². The summed E-state index contributed by atoms with van der Waals surface area (Å²) < 4.78 is 8.07. The molecule has 0 bridgehead atoms. The molecule has 0 atom stereocenters. The van der Waals surface area contributed by atoms with Crippen LogP contribution in [-0.2, 0) is 24.2 Å². The Bertz CT molecular complexity index is 1190. The largest absolute Gasteiger partial charge is 0.487 e. The Kier molecular flexibility index (Phi) is 5.68. The predicted molar refractivity (Wildman–Crippen MR) is 118 cm³/mol. The number of primary amides is 1. The number of hydrogen-bond donors (Lipinski definition) is 1. The van der Waals surface area contributed by atoms with E-state index in [0.717, 1.165) is 16.8 Å². The number of rotatable bonds is 8. The van der Waals surface area contributed by atoms with Gasteiger partial charge in [-0.1, -0.05) is 43.3 Å². The van der Waals surface area contributed by atoms with Crippen molar-refractivity contribution in [2.45, 2.75) is 26.4 Å². The van der Waals surface area contributed by atoms with Gasteiger partial charge in [0.15, 0.2) is 0 Å². The molecule has 4 rings (SSSR count). The van der Waals surface area contributed by atoms with Crippen LogP contribution in [0.25, 0.3) is 5.52 Å². The third-order valence-electron chi connectivity index (χ3n) is 5.10. The molecule has 0 aliphatic heterocycles. The van der Waals surface area contributed by atoms with Crippen molar-refractivity contribution in [2.24, 2.45) is 5.73 Å². The van der Waals surface area contributed by atoms with Gasteiger partial charge in [-0.05, 0) is 41.1 Å². The monoisotopic (exact) mass is 418 g/mol. The minimum absolute atomic E-state index is 0.347. The fourth-order valence-electron chi connectivity index (χ4n) is 3.76. The van der Waals surface area contributed by atoms with Crippen LogP contribution in [0.1, 0.15) is 39.0 Å². The lowest BCUT2D eigenvalue weighted by Crippen LogP contribution is -2.24. The number of nitrogens with two attached hydrogens (primary N) is 1. The fourth-order valence-corrected chi connectivity index (χ4v) is 4.47. The van der Waals surface area contributed by atoms with E-state index in [9.17, 15) is 9.59 Å². The molecule has 3 heterocycles. The lowest BCUT2D eigenvalue weighted by Gasteiger charge is -2.10. The number of nitrogens with zero attached hydrogens (tertiary/aromatic N) is 1. The van der Waals surface area contributed by atoms with Crippen molar-refractivity contribution < 1.29 is 14.3 Å². The molecule has 0 spiro atoms. The van der Waals surface area contributed by atoms with Gasteiger partial charge in [-0.25, -0.2) is 0 Å². The van der Waals surface area contributed by atoms with Gasteiger partial charge in [-0.3, -0.25) is 9.59 Å². The zero-order chi connectivity index (χ0) is 21.1. The highest BCUT2D eigenvalue weighted by Gasteiger charge is 2.27. The van der Waals surface area contributed by atoms with Crippen molar-refractivity contribution >= 4 is 28.5 Å². The van der Waals surface area contributed by atoms with Gasteiger partial charge >= 0.3 is 0 Å². The Labute approximate surface area is 178 Å². The number of pyridine rings is 1. The first-order valence-corrected chi connectivity index (χ1v) is 10.7. The maximum atomic E-state index is 12.8. The maximum absolute atomic E-state index is 12.8. The molecule has 2 N–H and O–H groups in total. The maximum Gasteiger partial charge on any atom is 0.289 e. The van der Waals surface area contributed by atoms with Crippen LogP contribution in [0.4, 0.5) is 0 Å². The van der Waals surface area contributed by atoms with Gasteiger partial charge in [0, 0.05) is 23.2 Å². The van der Waals surface area contributed by atoms with E-state index in [1.165, 1.54) is 4.88 Å². The van der Waals surface area contributed by atoms with Crippen LogP contribution >= 0.6 is 11.3 Å². The molecule has 0 fully saturated rings. The standard InChI is InChI=1S/C24H22N2O3S/c1-2-18-19(14-17-10-7-13-30-17)26-12-6-11-20(22(26)21(18)23(27)24(25)28)29-15-16-8-4-3-5-9-16/h3-13H,2,14-15H2,1H3,(H2,25,28). The first-order valence-electron chi connectivity index (χ1n) is 9.78. The molecule has 6 heteroatoms. The lowest BCUT2D eigenvalue weighted by molar-refractivity contribution is -0.114. The van der Waals surface area contributed by atoms with Crippen molar-refractivity contribution in [1.82, 2.24) is 4.40 Å². The Morgan fingerprint density at radius 1 is 1.07 bits per heavy atom. The summed E-state index contributed by atoms with van der Waals surface area (Å²) in [5.74, 6) is -1.09. The minimum atomic E-state index is -0.960. The van der Waals surface area contributed by atoms with Crippen LogP contribution in [0, 0.1) is 0 Å². The van der Waals surface area contributed by atoms with Crippen LogP contribution < -0.4 is 10.5 Å².